The number of carbonyl (C=O) groups is 1. The van der Waals surface area contributed by atoms with Crippen molar-refractivity contribution in [1.29, 1.82) is 0 Å². The molecule has 3 rings (SSSR count). The van der Waals surface area contributed by atoms with Gasteiger partial charge >= 0.3 is 0 Å². The molecule has 0 aliphatic heterocycles. The average Bonchev–Trinajstić information content (AvgIpc) is 3.06. The van der Waals surface area contributed by atoms with Gasteiger partial charge in [-0.25, -0.2) is 13.1 Å². The number of fused-ring (bicyclic) bond motifs is 1. The Hall–Kier alpha value is -1.89. The van der Waals surface area contributed by atoms with E-state index in [9.17, 15) is 13.2 Å². The summed E-state index contributed by atoms with van der Waals surface area (Å²) in [5.74, 6) is -0.571. The average molecular weight is 265 g/mol. The topological polar surface area (TPSA) is 91.9 Å². The largest absolute Gasteiger partial charge is 0.278 e. The monoisotopic (exact) mass is 265 g/mol. The minimum atomic E-state index is -3.82. The Bertz CT molecular complexity index is 716. The van der Waals surface area contributed by atoms with Gasteiger partial charge in [0.25, 0.3) is 10.0 Å². The summed E-state index contributed by atoms with van der Waals surface area (Å²) in [7, 11) is -3.82. The van der Waals surface area contributed by atoms with Crippen LogP contribution >= 0.6 is 0 Å². The molecule has 0 bridgehead atoms. The van der Waals surface area contributed by atoms with Gasteiger partial charge in [-0.3, -0.25) is 9.89 Å². The van der Waals surface area contributed by atoms with Crippen molar-refractivity contribution in [1.82, 2.24) is 14.9 Å². The highest BCUT2D eigenvalue weighted by Crippen LogP contribution is 2.29. The van der Waals surface area contributed by atoms with Crippen molar-refractivity contribution in [3.05, 3.63) is 24.4 Å². The number of carbonyl (C=O) groups excluding carboxylic acids is 1. The van der Waals surface area contributed by atoms with E-state index < -0.39 is 15.9 Å². The zero-order valence-corrected chi connectivity index (χ0v) is 10.2. The van der Waals surface area contributed by atoms with Crippen LogP contribution in [0.1, 0.15) is 12.8 Å². The van der Waals surface area contributed by atoms with Crippen LogP contribution in [0.15, 0.2) is 29.3 Å². The van der Waals surface area contributed by atoms with Crippen molar-refractivity contribution in [3.8, 4) is 0 Å². The lowest BCUT2D eigenvalue weighted by Crippen LogP contribution is -2.31. The number of nitrogens with one attached hydrogen (secondary N) is 2. The summed E-state index contributed by atoms with van der Waals surface area (Å²) in [6.45, 7) is 0. The van der Waals surface area contributed by atoms with Crippen molar-refractivity contribution in [3.63, 3.8) is 0 Å². The number of benzene rings is 1. The first-order valence-electron chi connectivity index (χ1n) is 5.57. The van der Waals surface area contributed by atoms with Crippen molar-refractivity contribution in [2.24, 2.45) is 5.92 Å². The normalized spacial score (nSPS) is 15.8. The summed E-state index contributed by atoms with van der Waals surface area (Å²) in [4.78, 5) is 11.6. The zero-order chi connectivity index (χ0) is 12.8. The molecule has 1 aliphatic rings. The number of aromatic nitrogens is 2. The number of rotatable bonds is 3. The van der Waals surface area contributed by atoms with E-state index in [0.717, 1.165) is 12.8 Å². The Kier molecular flexibility index (Phi) is 2.37. The molecule has 1 aliphatic carbocycles. The third-order valence-corrected chi connectivity index (χ3v) is 4.32. The first kappa shape index (κ1) is 11.2. The lowest BCUT2D eigenvalue weighted by molar-refractivity contribution is -0.120. The fraction of sp³-hybridized carbons (Fsp3) is 0.273. The van der Waals surface area contributed by atoms with Gasteiger partial charge in [-0.2, -0.15) is 5.10 Å². The van der Waals surface area contributed by atoms with Gasteiger partial charge in [0.15, 0.2) is 0 Å². The molecule has 94 valence electrons. The summed E-state index contributed by atoms with van der Waals surface area (Å²) in [5.41, 5.74) is 0.622. The summed E-state index contributed by atoms with van der Waals surface area (Å²) in [6.07, 6.45) is 2.96. The van der Waals surface area contributed by atoms with Gasteiger partial charge in [0.1, 0.15) is 0 Å². The third kappa shape index (κ3) is 1.86. The van der Waals surface area contributed by atoms with E-state index >= 15 is 0 Å². The molecule has 0 radical (unpaired) electrons. The molecule has 2 aromatic rings. The summed E-state index contributed by atoms with van der Waals surface area (Å²) < 4.78 is 26.3. The second-order valence-corrected chi connectivity index (χ2v) is 5.98. The highest BCUT2D eigenvalue weighted by molar-refractivity contribution is 7.90. The van der Waals surface area contributed by atoms with Crippen LogP contribution in [0.5, 0.6) is 0 Å². The molecule has 1 aromatic heterocycles. The molecule has 18 heavy (non-hydrogen) atoms. The van der Waals surface area contributed by atoms with Crippen LogP contribution in [0.4, 0.5) is 0 Å². The highest BCUT2D eigenvalue weighted by Gasteiger charge is 2.33. The zero-order valence-electron chi connectivity index (χ0n) is 9.38. The lowest BCUT2D eigenvalue weighted by Gasteiger charge is -2.06. The summed E-state index contributed by atoms with van der Waals surface area (Å²) in [5, 5.41) is 6.97. The molecule has 6 nitrogen and oxygen atoms in total. The minimum absolute atomic E-state index is 0.0720. The Labute approximate surface area is 103 Å². The SMILES string of the molecule is O=C(NS(=O)(=O)c1cccc2[nH]ncc12)C1CC1. The number of H-pyrrole nitrogens is 1. The van der Waals surface area contributed by atoms with Crippen molar-refractivity contribution >= 4 is 26.8 Å². The van der Waals surface area contributed by atoms with E-state index in [1.54, 1.807) is 12.1 Å². The van der Waals surface area contributed by atoms with Gasteiger partial charge in [-0.1, -0.05) is 6.07 Å². The molecule has 0 atom stereocenters. The van der Waals surface area contributed by atoms with Crippen molar-refractivity contribution in [2.75, 3.05) is 0 Å². The Morgan fingerprint density at radius 1 is 1.39 bits per heavy atom. The molecular formula is C11H11N3O3S. The Morgan fingerprint density at radius 3 is 2.89 bits per heavy atom. The smallest absolute Gasteiger partial charge is 0.264 e. The number of amides is 1. The number of hydrogen-bond donors (Lipinski definition) is 2. The molecule has 0 spiro atoms. The van der Waals surface area contributed by atoms with E-state index in [1.807, 2.05) is 0 Å². The second-order valence-electron chi connectivity index (χ2n) is 4.33. The molecule has 2 N–H and O–H groups in total. The molecule has 0 saturated heterocycles. The Morgan fingerprint density at radius 2 is 2.17 bits per heavy atom. The van der Waals surface area contributed by atoms with Gasteiger partial charge in [0.2, 0.25) is 5.91 Å². The van der Waals surface area contributed by atoms with Crippen LogP contribution in [0.2, 0.25) is 0 Å². The van der Waals surface area contributed by atoms with E-state index in [2.05, 4.69) is 14.9 Å². The molecule has 1 aromatic carbocycles. The first-order chi connectivity index (χ1) is 8.58. The number of nitrogens with zero attached hydrogens (tertiary/aromatic N) is 1. The van der Waals surface area contributed by atoms with E-state index in [4.69, 9.17) is 0 Å². The summed E-state index contributed by atoms with van der Waals surface area (Å²) >= 11 is 0. The van der Waals surface area contributed by atoms with E-state index in [-0.39, 0.29) is 10.8 Å². The van der Waals surface area contributed by atoms with Gasteiger partial charge < -0.3 is 0 Å². The molecule has 1 fully saturated rings. The molecule has 0 unspecified atom stereocenters. The van der Waals surface area contributed by atoms with Crippen LogP contribution in [-0.2, 0) is 14.8 Å². The Balaban J connectivity index is 2.02. The van der Waals surface area contributed by atoms with E-state index in [0.29, 0.717) is 10.9 Å². The standard InChI is InChI=1S/C11H11N3O3S/c15-11(7-4-5-7)14-18(16,17)10-3-1-2-9-8(10)6-12-13-9/h1-3,6-7H,4-5H2,(H,12,13)(H,14,15). The van der Waals surface area contributed by atoms with Crippen molar-refractivity contribution in [2.45, 2.75) is 17.7 Å². The predicted octanol–water partition coefficient (Wildman–Crippen LogP) is 0.778. The van der Waals surface area contributed by atoms with Gasteiger partial charge in [-0.15, -0.1) is 0 Å². The maximum absolute atomic E-state index is 12.1. The van der Waals surface area contributed by atoms with Crippen LogP contribution in [0, 0.1) is 5.92 Å². The fourth-order valence-electron chi connectivity index (χ4n) is 1.79. The minimum Gasteiger partial charge on any atom is -0.278 e. The van der Waals surface area contributed by atoms with Crippen molar-refractivity contribution < 1.29 is 13.2 Å². The lowest BCUT2D eigenvalue weighted by atomic mass is 10.3. The molecule has 1 heterocycles. The van der Waals surface area contributed by atoms with Crippen LogP contribution < -0.4 is 4.72 Å². The first-order valence-corrected chi connectivity index (χ1v) is 7.05. The van der Waals surface area contributed by atoms with Crippen LogP contribution in [0.3, 0.4) is 0 Å². The number of aromatic amines is 1. The van der Waals surface area contributed by atoms with Crippen LogP contribution in [-0.4, -0.2) is 24.5 Å². The maximum Gasteiger partial charge on any atom is 0.264 e. The molecule has 1 amide bonds. The number of sulfonamides is 1. The fourth-order valence-corrected chi connectivity index (χ4v) is 3.04. The molecule has 1 saturated carbocycles. The maximum atomic E-state index is 12.1. The third-order valence-electron chi connectivity index (χ3n) is 2.92. The second kappa shape index (κ2) is 3.81. The highest BCUT2D eigenvalue weighted by atomic mass is 32.2. The molecular weight excluding hydrogens is 254 g/mol. The number of hydrogen-bond acceptors (Lipinski definition) is 4. The predicted molar refractivity (Wildman–Crippen MR) is 64.1 cm³/mol. The van der Waals surface area contributed by atoms with Gasteiger partial charge in [0, 0.05) is 11.3 Å². The summed E-state index contributed by atoms with van der Waals surface area (Å²) in [6, 6.07) is 4.79. The van der Waals surface area contributed by atoms with Gasteiger partial charge in [-0.05, 0) is 25.0 Å². The van der Waals surface area contributed by atoms with Crippen LogP contribution in [0.25, 0.3) is 10.9 Å². The van der Waals surface area contributed by atoms with Gasteiger partial charge in [0.05, 0.1) is 16.6 Å². The van der Waals surface area contributed by atoms with E-state index in [1.165, 1.54) is 12.3 Å². The quantitative estimate of drug-likeness (QED) is 0.857. The molecule has 7 heteroatoms.